The minimum absolute atomic E-state index is 0.313. The highest BCUT2D eigenvalue weighted by atomic mass is 16.5. The first kappa shape index (κ1) is 13.9. The van der Waals surface area contributed by atoms with Gasteiger partial charge in [0.25, 0.3) is 0 Å². The van der Waals surface area contributed by atoms with Crippen molar-refractivity contribution in [2.45, 2.75) is 12.5 Å². The summed E-state index contributed by atoms with van der Waals surface area (Å²) in [6.07, 6.45) is 0.313. The van der Waals surface area contributed by atoms with Gasteiger partial charge in [0.2, 0.25) is 5.91 Å². The van der Waals surface area contributed by atoms with Crippen LogP contribution in [0.2, 0.25) is 0 Å². The Hall–Kier alpha value is -2.12. The molecule has 0 aliphatic heterocycles. The second-order valence-corrected chi connectivity index (χ2v) is 3.62. The molecule has 0 aliphatic carbocycles. The van der Waals surface area contributed by atoms with Gasteiger partial charge in [0, 0.05) is 0 Å². The van der Waals surface area contributed by atoms with Gasteiger partial charge in [0.05, 0.1) is 13.2 Å². The lowest BCUT2D eigenvalue weighted by atomic mass is 10.1. The van der Waals surface area contributed by atoms with Gasteiger partial charge in [-0.05, 0) is 24.1 Å². The Bertz CT molecular complexity index is 419. The molecular weight excluding hydrogens is 236 g/mol. The molecule has 7 heteroatoms. The third-order valence-corrected chi connectivity index (χ3v) is 2.32. The molecule has 1 atom stereocenters. The molecule has 7 nitrogen and oxygen atoms in total. The fraction of sp³-hybridized carbons (Fsp3) is 0.273. The zero-order valence-corrected chi connectivity index (χ0v) is 9.97. The summed E-state index contributed by atoms with van der Waals surface area (Å²) in [6, 6.07) is 5.53. The van der Waals surface area contributed by atoms with E-state index in [4.69, 9.17) is 16.3 Å². The lowest BCUT2D eigenvalue weighted by Gasteiger charge is -2.11. The minimum Gasteiger partial charge on any atom is -0.497 e. The van der Waals surface area contributed by atoms with Gasteiger partial charge in [-0.2, -0.15) is 0 Å². The van der Waals surface area contributed by atoms with Crippen LogP contribution in [0.25, 0.3) is 0 Å². The monoisotopic (exact) mass is 252 g/mol. The number of hydrogen-bond donors (Lipinski definition) is 4. The Balaban J connectivity index is 2.55. The van der Waals surface area contributed by atoms with E-state index in [9.17, 15) is 9.59 Å². The summed E-state index contributed by atoms with van der Waals surface area (Å²) in [6.45, 7) is 0. The first-order valence-electron chi connectivity index (χ1n) is 5.26. The third-order valence-electron chi connectivity index (χ3n) is 2.32. The van der Waals surface area contributed by atoms with Crippen LogP contribution in [0.15, 0.2) is 24.3 Å². The number of ether oxygens (including phenoxy) is 1. The lowest BCUT2D eigenvalue weighted by Crippen LogP contribution is -2.49. The molecule has 3 amide bonds. The minimum atomic E-state index is -0.823. The Morgan fingerprint density at radius 1 is 1.33 bits per heavy atom. The van der Waals surface area contributed by atoms with Gasteiger partial charge in [-0.1, -0.05) is 12.1 Å². The number of urea groups is 1. The van der Waals surface area contributed by atoms with Crippen LogP contribution in [0.5, 0.6) is 5.75 Å². The van der Waals surface area contributed by atoms with Crippen molar-refractivity contribution in [2.24, 2.45) is 11.6 Å². The van der Waals surface area contributed by atoms with Gasteiger partial charge < -0.3 is 10.5 Å². The standard InChI is InChI=1S/C11H16N4O3/c1-18-8-4-2-7(3-5-8)6-9(12)10(16)14-11(17)15-13/h2-5,9H,6,12-13H2,1H3,(H2,14,15,16,17)/t9-/m0/s1. The number of hydrogen-bond acceptors (Lipinski definition) is 5. The molecular formula is C11H16N4O3. The van der Waals surface area contributed by atoms with E-state index in [1.54, 1.807) is 36.8 Å². The van der Waals surface area contributed by atoms with Crippen molar-refractivity contribution in [1.82, 2.24) is 10.7 Å². The SMILES string of the molecule is COc1ccc(C[C@H](N)C(=O)NC(=O)NN)cc1. The molecule has 1 aromatic carbocycles. The smallest absolute Gasteiger partial charge is 0.335 e. The number of rotatable bonds is 4. The van der Waals surface area contributed by atoms with Crippen LogP contribution in [0.3, 0.4) is 0 Å². The highest BCUT2D eigenvalue weighted by Crippen LogP contribution is 2.12. The van der Waals surface area contributed by atoms with Crippen LogP contribution >= 0.6 is 0 Å². The zero-order valence-electron chi connectivity index (χ0n) is 9.97. The predicted octanol–water partition coefficient (Wildman–Crippen LogP) is -0.735. The second-order valence-electron chi connectivity index (χ2n) is 3.62. The maximum Gasteiger partial charge on any atom is 0.335 e. The van der Waals surface area contributed by atoms with Gasteiger partial charge in [-0.25, -0.2) is 10.6 Å². The largest absolute Gasteiger partial charge is 0.497 e. The molecule has 0 saturated carbocycles. The number of nitrogens with one attached hydrogen (secondary N) is 2. The average molecular weight is 252 g/mol. The van der Waals surface area contributed by atoms with Crippen molar-refractivity contribution in [1.29, 1.82) is 0 Å². The van der Waals surface area contributed by atoms with E-state index in [-0.39, 0.29) is 0 Å². The van der Waals surface area contributed by atoms with E-state index in [0.717, 1.165) is 11.3 Å². The van der Waals surface area contributed by atoms with Crippen LogP contribution < -0.4 is 27.1 Å². The summed E-state index contributed by atoms with van der Waals surface area (Å²) in [7, 11) is 1.57. The molecule has 18 heavy (non-hydrogen) atoms. The topological polar surface area (TPSA) is 119 Å². The van der Waals surface area contributed by atoms with Crippen molar-refractivity contribution in [2.75, 3.05) is 7.11 Å². The van der Waals surface area contributed by atoms with Gasteiger partial charge in [0.15, 0.2) is 0 Å². The molecule has 0 heterocycles. The third kappa shape index (κ3) is 4.04. The number of benzene rings is 1. The summed E-state index contributed by atoms with van der Waals surface area (Å²) >= 11 is 0. The molecule has 98 valence electrons. The summed E-state index contributed by atoms with van der Waals surface area (Å²) in [5, 5.41) is 2.01. The quantitative estimate of drug-likeness (QED) is 0.320. The molecule has 0 saturated heterocycles. The van der Waals surface area contributed by atoms with E-state index >= 15 is 0 Å². The summed E-state index contributed by atoms with van der Waals surface area (Å²) in [4.78, 5) is 22.3. The number of imide groups is 1. The van der Waals surface area contributed by atoms with E-state index in [1.165, 1.54) is 0 Å². The molecule has 0 spiro atoms. The van der Waals surface area contributed by atoms with E-state index < -0.39 is 18.0 Å². The van der Waals surface area contributed by atoms with Gasteiger partial charge in [-0.3, -0.25) is 15.5 Å². The molecule has 0 unspecified atom stereocenters. The van der Waals surface area contributed by atoms with Crippen LogP contribution in [0.4, 0.5) is 4.79 Å². The summed E-state index contributed by atoms with van der Waals surface area (Å²) < 4.78 is 5.01. The summed E-state index contributed by atoms with van der Waals surface area (Å²) in [5.74, 6) is 4.97. The van der Waals surface area contributed by atoms with Gasteiger partial charge in [-0.15, -0.1) is 0 Å². The van der Waals surface area contributed by atoms with Crippen LogP contribution in [-0.2, 0) is 11.2 Å². The Kier molecular flexibility index (Phi) is 5.09. The highest BCUT2D eigenvalue weighted by Gasteiger charge is 2.16. The first-order valence-corrected chi connectivity index (χ1v) is 5.26. The van der Waals surface area contributed by atoms with E-state index in [1.807, 2.05) is 5.32 Å². The molecule has 0 bridgehead atoms. The molecule has 0 fully saturated rings. The first-order chi connectivity index (χ1) is 8.56. The summed E-state index contributed by atoms with van der Waals surface area (Å²) in [5.41, 5.74) is 8.31. The Labute approximate surface area is 104 Å². The number of carbonyl (C=O) groups excluding carboxylic acids is 2. The maximum absolute atomic E-state index is 11.5. The zero-order chi connectivity index (χ0) is 13.5. The van der Waals surface area contributed by atoms with Gasteiger partial charge in [0.1, 0.15) is 5.75 Å². The van der Waals surface area contributed by atoms with Crippen molar-refractivity contribution in [3.05, 3.63) is 29.8 Å². The number of nitrogens with two attached hydrogens (primary N) is 2. The number of methoxy groups -OCH3 is 1. The van der Waals surface area contributed by atoms with E-state index in [2.05, 4.69) is 0 Å². The van der Waals surface area contributed by atoms with Crippen molar-refractivity contribution < 1.29 is 14.3 Å². The fourth-order valence-electron chi connectivity index (χ4n) is 1.35. The second kappa shape index (κ2) is 6.58. The molecule has 0 aromatic heterocycles. The molecule has 1 rings (SSSR count). The van der Waals surface area contributed by atoms with Crippen LogP contribution in [0.1, 0.15) is 5.56 Å². The fourth-order valence-corrected chi connectivity index (χ4v) is 1.35. The number of carbonyl (C=O) groups is 2. The normalized spacial score (nSPS) is 11.5. The molecule has 6 N–H and O–H groups in total. The average Bonchev–Trinajstić information content (AvgIpc) is 2.39. The van der Waals surface area contributed by atoms with Crippen molar-refractivity contribution in [3.8, 4) is 5.75 Å². The molecule has 0 radical (unpaired) electrons. The Morgan fingerprint density at radius 2 is 1.94 bits per heavy atom. The number of hydrazine groups is 1. The van der Waals surface area contributed by atoms with Crippen LogP contribution in [0, 0.1) is 0 Å². The van der Waals surface area contributed by atoms with Crippen LogP contribution in [-0.4, -0.2) is 25.1 Å². The Morgan fingerprint density at radius 3 is 2.44 bits per heavy atom. The molecule has 0 aliphatic rings. The predicted molar refractivity (Wildman–Crippen MR) is 65.5 cm³/mol. The van der Waals surface area contributed by atoms with Gasteiger partial charge >= 0.3 is 6.03 Å². The van der Waals surface area contributed by atoms with E-state index in [0.29, 0.717) is 6.42 Å². The lowest BCUT2D eigenvalue weighted by molar-refractivity contribution is -0.121. The van der Waals surface area contributed by atoms with Crippen molar-refractivity contribution in [3.63, 3.8) is 0 Å². The molecule has 1 aromatic rings. The number of amides is 3. The maximum atomic E-state index is 11.5. The van der Waals surface area contributed by atoms with Crippen molar-refractivity contribution >= 4 is 11.9 Å². The highest BCUT2D eigenvalue weighted by molar-refractivity contribution is 5.96.